The van der Waals surface area contributed by atoms with Crippen LogP contribution in [0.4, 0.5) is 5.95 Å². The molecule has 0 aliphatic heterocycles. The molecule has 0 radical (unpaired) electrons. The number of benzene rings is 1. The molecule has 19 heavy (non-hydrogen) atoms. The zero-order chi connectivity index (χ0) is 13.6. The van der Waals surface area contributed by atoms with Crippen molar-refractivity contribution in [3.63, 3.8) is 0 Å². The predicted octanol–water partition coefficient (Wildman–Crippen LogP) is 2.07. The average molecular weight is 319 g/mol. The lowest BCUT2D eigenvalue weighted by molar-refractivity contribution is 0.835. The number of nitrogens with two attached hydrogens (primary N) is 1. The van der Waals surface area contributed by atoms with E-state index >= 15 is 0 Å². The Kier molecular flexibility index (Phi) is 2.67. The third kappa shape index (κ3) is 1.76. The molecule has 3 rings (SSSR count). The second kappa shape index (κ2) is 4.24. The number of aromatic nitrogens is 3. The molecule has 0 aliphatic rings. The minimum atomic E-state index is -0.0956. The van der Waals surface area contributed by atoms with Crippen molar-refractivity contribution in [2.75, 3.05) is 5.73 Å². The van der Waals surface area contributed by atoms with E-state index in [0.717, 1.165) is 9.86 Å². The zero-order valence-corrected chi connectivity index (χ0v) is 11.8. The lowest BCUT2D eigenvalue weighted by Gasteiger charge is -2.08. The highest BCUT2D eigenvalue weighted by Gasteiger charge is 2.10. The molecule has 0 fully saturated rings. The van der Waals surface area contributed by atoms with E-state index in [2.05, 4.69) is 20.9 Å². The molecule has 1 aromatic carbocycles. The van der Waals surface area contributed by atoms with Crippen molar-refractivity contribution in [3.05, 3.63) is 51.5 Å². The van der Waals surface area contributed by atoms with Crippen LogP contribution in [0.3, 0.4) is 0 Å². The lowest BCUT2D eigenvalue weighted by Crippen LogP contribution is -2.20. The zero-order valence-electron chi connectivity index (χ0n) is 10.2. The molecule has 0 aliphatic carbocycles. The smallest absolute Gasteiger partial charge is 0.264 e. The van der Waals surface area contributed by atoms with Crippen molar-refractivity contribution in [2.24, 2.45) is 7.05 Å². The van der Waals surface area contributed by atoms with Gasteiger partial charge in [0.1, 0.15) is 5.82 Å². The van der Waals surface area contributed by atoms with E-state index in [1.54, 1.807) is 30.1 Å². The Morgan fingerprint density at radius 3 is 2.74 bits per heavy atom. The maximum atomic E-state index is 12.5. The van der Waals surface area contributed by atoms with Gasteiger partial charge in [0.25, 0.3) is 5.56 Å². The highest BCUT2D eigenvalue weighted by atomic mass is 79.9. The van der Waals surface area contributed by atoms with Gasteiger partial charge in [-0.15, -0.1) is 0 Å². The Balaban J connectivity index is 2.36. The maximum Gasteiger partial charge on any atom is 0.264 e. The standard InChI is InChI=1S/C13H11BrN4O/c1-17-11(7-16-13(17)15)18-6-5-8-9(12(18)19)3-2-4-10(8)14/h2-7H,1H3,(H2,15,16). The van der Waals surface area contributed by atoms with Crippen molar-refractivity contribution >= 4 is 32.7 Å². The first-order chi connectivity index (χ1) is 9.09. The van der Waals surface area contributed by atoms with Gasteiger partial charge in [-0.3, -0.25) is 13.9 Å². The van der Waals surface area contributed by atoms with Gasteiger partial charge in [0.05, 0.1) is 6.20 Å². The Bertz CT molecular complexity index is 834. The monoisotopic (exact) mass is 318 g/mol. The van der Waals surface area contributed by atoms with Crippen LogP contribution in [0.15, 0.2) is 45.9 Å². The number of nitrogen functional groups attached to an aromatic ring is 1. The number of imidazole rings is 1. The van der Waals surface area contributed by atoms with Gasteiger partial charge >= 0.3 is 0 Å². The first-order valence-electron chi connectivity index (χ1n) is 5.67. The molecular weight excluding hydrogens is 308 g/mol. The molecule has 0 bridgehead atoms. The average Bonchev–Trinajstić information content (AvgIpc) is 2.72. The number of hydrogen-bond acceptors (Lipinski definition) is 3. The largest absolute Gasteiger partial charge is 0.369 e. The molecule has 0 saturated heterocycles. The van der Waals surface area contributed by atoms with Crippen LogP contribution in [0.25, 0.3) is 16.6 Å². The first-order valence-corrected chi connectivity index (χ1v) is 6.46. The van der Waals surface area contributed by atoms with Gasteiger partial charge in [-0.1, -0.05) is 22.0 Å². The summed E-state index contributed by atoms with van der Waals surface area (Å²) in [5, 5.41) is 1.54. The highest BCUT2D eigenvalue weighted by molar-refractivity contribution is 9.10. The summed E-state index contributed by atoms with van der Waals surface area (Å²) < 4.78 is 4.11. The van der Waals surface area contributed by atoms with Crippen LogP contribution in [0.5, 0.6) is 0 Å². The summed E-state index contributed by atoms with van der Waals surface area (Å²) in [5.74, 6) is 1.01. The SMILES string of the molecule is Cn1c(-n2ccc3c(Br)cccc3c2=O)cnc1N. The van der Waals surface area contributed by atoms with Gasteiger partial charge in [-0.25, -0.2) is 4.98 Å². The van der Waals surface area contributed by atoms with Crippen molar-refractivity contribution in [1.82, 2.24) is 14.1 Å². The Morgan fingerprint density at radius 1 is 1.26 bits per heavy atom. The van der Waals surface area contributed by atoms with Crippen LogP contribution in [0, 0.1) is 0 Å². The molecular formula is C13H11BrN4O. The van der Waals surface area contributed by atoms with E-state index in [4.69, 9.17) is 5.73 Å². The molecule has 0 unspecified atom stereocenters. The van der Waals surface area contributed by atoms with E-state index in [9.17, 15) is 4.79 Å². The van der Waals surface area contributed by atoms with Crippen molar-refractivity contribution in [1.29, 1.82) is 0 Å². The lowest BCUT2D eigenvalue weighted by atomic mass is 10.2. The second-order valence-electron chi connectivity index (χ2n) is 4.23. The summed E-state index contributed by atoms with van der Waals surface area (Å²) in [6.07, 6.45) is 3.31. The molecule has 6 heteroatoms. The number of hydrogen-bond donors (Lipinski definition) is 1. The minimum Gasteiger partial charge on any atom is -0.369 e. The van der Waals surface area contributed by atoms with Crippen molar-refractivity contribution in [2.45, 2.75) is 0 Å². The Hall–Kier alpha value is -2.08. The topological polar surface area (TPSA) is 65.8 Å². The normalized spacial score (nSPS) is 11.1. The third-order valence-electron chi connectivity index (χ3n) is 3.14. The van der Waals surface area contributed by atoms with E-state index in [-0.39, 0.29) is 5.56 Å². The fraction of sp³-hybridized carbons (Fsp3) is 0.0769. The van der Waals surface area contributed by atoms with Crippen LogP contribution in [-0.4, -0.2) is 14.1 Å². The van der Waals surface area contributed by atoms with Crippen LogP contribution in [-0.2, 0) is 7.05 Å². The van der Waals surface area contributed by atoms with E-state index < -0.39 is 0 Å². The third-order valence-corrected chi connectivity index (χ3v) is 3.83. The highest BCUT2D eigenvalue weighted by Crippen LogP contribution is 2.21. The number of halogens is 1. The molecule has 0 saturated carbocycles. The molecule has 2 heterocycles. The quantitative estimate of drug-likeness (QED) is 0.747. The van der Waals surface area contributed by atoms with Crippen molar-refractivity contribution < 1.29 is 0 Å². The van der Waals surface area contributed by atoms with Gasteiger partial charge in [0.15, 0.2) is 0 Å². The molecule has 5 nitrogen and oxygen atoms in total. The summed E-state index contributed by atoms with van der Waals surface area (Å²) in [6, 6.07) is 7.45. The van der Waals surface area contributed by atoms with E-state index in [0.29, 0.717) is 17.2 Å². The number of anilines is 1. The van der Waals surface area contributed by atoms with Crippen LogP contribution < -0.4 is 11.3 Å². The van der Waals surface area contributed by atoms with Crippen molar-refractivity contribution in [3.8, 4) is 5.82 Å². The minimum absolute atomic E-state index is 0.0956. The molecule has 0 atom stereocenters. The maximum absolute atomic E-state index is 12.5. The summed E-state index contributed by atoms with van der Waals surface area (Å²) in [4.78, 5) is 16.5. The number of fused-ring (bicyclic) bond motifs is 1. The molecule has 2 aromatic heterocycles. The molecule has 3 aromatic rings. The number of nitrogens with zero attached hydrogens (tertiary/aromatic N) is 3. The van der Waals surface area contributed by atoms with Crippen LogP contribution >= 0.6 is 15.9 Å². The number of pyridine rings is 1. The van der Waals surface area contributed by atoms with E-state index in [1.165, 1.54) is 4.57 Å². The molecule has 96 valence electrons. The fourth-order valence-corrected chi connectivity index (χ4v) is 2.56. The Morgan fingerprint density at radius 2 is 2.05 bits per heavy atom. The summed E-state index contributed by atoms with van der Waals surface area (Å²) in [5.41, 5.74) is 5.60. The van der Waals surface area contributed by atoms with Gasteiger partial charge in [-0.2, -0.15) is 0 Å². The summed E-state index contributed by atoms with van der Waals surface area (Å²) in [7, 11) is 1.77. The Labute approximate surface area is 117 Å². The van der Waals surface area contributed by atoms with Gasteiger partial charge in [-0.05, 0) is 18.2 Å². The first kappa shape index (κ1) is 12.0. The number of rotatable bonds is 1. The summed E-state index contributed by atoms with van der Waals surface area (Å²) in [6.45, 7) is 0. The van der Waals surface area contributed by atoms with Gasteiger partial charge < -0.3 is 5.73 Å². The fourth-order valence-electron chi connectivity index (χ4n) is 2.06. The van der Waals surface area contributed by atoms with Crippen LogP contribution in [0.1, 0.15) is 0 Å². The van der Waals surface area contributed by atoms with E-state index in [1.807, 2.05) is 18.2 Å². The van der Waals surface area contributed by atoms with Gasteiger partial charge in [0.2, 0.25) is 5.95 Å². The summed E-state index contributed by atoms with van der Waals surface area (Å²) >= 11 is 3.44. The molecule has 0 spiro atoms. The second-order valence-corrected chi connectivity index (χ2v) is 5.08. The van der Waals surface area contributed by atoms with Gasteiger partial charge in [0, 0.05) is 28.5 Å². The predicted molar refractivity (Wildman–Crippen MR) is 78.4 cm³/mol. The molecule has 2 N–H and O–H groups in total. The molecule has 0 amide bonds. The van der Waals surface area contributed by atoms with Crippen LogP contribution in [0.2, 0.25) is 0 Å².